The van der Waals surface area contributed by atoms with Crippen LogP contribution in [0.15, 0.2) is 0 Å². The van der Waals surface area contributed by atoms with Crippen LogP contribution in [0.5, 0.6) is 0 Å². The van der Waals surface area contributed by atoms with E-state index in [0.29, 0.717) is 19.3 Å². The fourth-order valence-electron chi connectivity index (χ4n) is 6.58. The first kappa shape index (κ1) is 49.4. The van der Waals surface area contributed by atoms with E-state index in [4.69, 9.17) is 14.2 Å². The Balaban J connectivity index is 4.28. The largest absolute Gasteiger partial charge is 0.462 e. The molecule has 0 aliphatic carbocycles. The Hall–Kier alpha value is -1.59. The van der Waals surface area contributed by atoms with Crippen LogP contribution < -0.4 is 0 Å². The van der Waals surface area contributed by atoms with Gasteiger partial charge in [0.15, 0.2) is 6.10 Å². The minimum absolute atomic E-state index is 0.0656. The highest BCUT2D eigenvalue weighted by Gasteiger charge is 2.19. The van der Waals surface area contributed by atoms with Crippen molar-refractivity contribution in [3.05, 3.63) is 0 Å². The van der Waals surface area contributed by atoms with Crippen molar-refractivity contribution in [3.63, 3.8) is 0 Å². The van der Waals surface area contributed by atoms with E-state index in [1.54, 1.807) is 0 Å². The van der Waals surface area contributed by atoms with Crippen LogP contribution in [0.2, 0.25) is 0 Å². The van der Waals surface area contributed by atoms with E-state index >= 15 is 0 Å². The van der Waals surface area contributed by atoms with Crippen molar-refractivity contribution in [2.45, 2.75) is 246 Å². The van der Waals surface area contributed by atoms with Crippen LogP contribution in [0.1, 0.15) is 240 Å². The lowest BCUT2D eigenvalue weighted by Gasteiger charge is -2.18. The van der Waals surface area contributed by atoms with Crippen LogP contribution in [0, 0.1) is 11.8 Å². The molecule has 0 aromatic carbocycles. The van der Waals surface area contributed by atoms with Gasteiger partial charge in [-0.25, -0.2) is 0 Å². The summed E-state index contributed by atoms with van der Waals surface area (Å²) in [5, 5.41) is 0. The molecule has 0 fully saturated rings. The van der Waals surface area contributed by atoms with Crippen molar-refractivity contribution in [1.29, 1.82) is 0 Å². The molecule has 0 amide bonds. The lowest BCUT2D eigenvalue weighted by Crippen LogP contribution is -2.30. The molecule has 0 unspecified atom stereocenters. The molecule has 0 aliphatic rings. The van der Waals surface area contributed by atoms with Crippen molar-refractivity contribution in [3.8, 4) is 0 Å². The quantitative estimate of drug-likeness (QED) is 0.0357. The van der Waals surface area contributed by atoms with Crippen molar-refractivity contribution in [2.24, 2.45) is 11.8 Å². The first-order valence-corrected chi connectivity index (χ1v) is 22.2. The monoisotopic (exact) mass is 723 g/mol. The average molecular weight is 723 g/mol. The number of ether oxygens (including phenoxy) is 3. The molecule has 0 radical (unpaired) electrons. The second-order valence-corrected chi connectivity index (χ2v) is 16.3. The molecule has 0 bridgehead atoms. The zero-order valence-corrected chi connectivity index (χ0v) is 34.7. The summed E-state index contributed by atoms with van der Waals surface area (Å²) in [5.74, 6) is 0.767. The second kappa shape index (κ2) is 38.1. The number of hydrogen-bond donors (Lipinski definition) is 0. The smallest absolute Gasteiger partial charge is 0.306 e. The number of carbonyl (C=O) groups is 3. The maximum atomic E-state index is 12.7. The van der Waals surface area contributed by atoms with Gasteiger partial charge < -0.3 is 14.2 Å². The normalized spacial score (nSPS) is 12.1. The molecule has 0 saturated heterocycles. The van der Waals surface area contributed by atoms with Crippen LogP contribution in [-0.4, -0.2) is 37.2 Å². The van der Waals surface area contributed by atoms with Gasteiger partial charge in [-0.05, 0) is 31.1 Å². The molecule has 0 aromatic heterocycles. The second-order valence-electron chi connectivity index (χ2n) is 16.3. The predicted octanol–water partition coefficient (Wildman–Crippen LogP) is 13.8. The molecule has 0 aromatic rings. The first-order valence-electron chi connectivity index (χ1n) is 22.2. The van der Waals surface area contributed by atoms with Gasteiger partial charge in [0, 0.05) is 19.3 Å². The minimum atomic E-state index is -0.759. The summed E-state index contributed by atoms with van der Waals surface area (Å²) in [6.45, 7) is 11.3. The van der Waals surface area contributed by atoms with Crippen molar-refractivity contribution in [2.75, 3.05) is 13.2 Å². The highest BCUT2D eigenvalue weighted by molar-refractivity contribution is 5.71. The van der Waals surface area contributed by atoms with Crippen LogP contribution in [0.25, 0.3) is 0 Å². The predicted molar refractivity (Wildman–Crippen MR) is 215 cm³/mol. The standard InChI is InChI=1S/C45H86O6/c1-6-7-8-9-18-25-30-35-43(46)49-38-42(51-45(48)37-32-27-22-17-13-15-20-24-29-34-41(4)5)39-50-44(47)36-31-26-21-16-12-10-11-14-19-23-28-33-40(2)3/h40-42H,6-39H2,1-5H3/t42-/m1/s1. The molecule has 0 spiro atoms. The third-order valence-electron chi connectivity index (χ3n) is 9.97. The van der Waals surface area contributed by atoms with Crippen molar-refractivity contribution < 1.29 is 28.6 Å². The molecule has 302 valence electrons. The SMILES string of the molecule is CCCCCCCCCC(=O)OC[C@H](COC(=O)CCCCCCCCCCCCCC(C)C)OC(=O)CCCCCCCCCCCC(C)C. The first-order chi connectivity index (χ1) is 24.7. The third-order valence-corrected chi connectivity index (χ3v) is 9.97. The Kier molecular flexibility index (Phi) is 37.0. The topological polar surface area (TPSA) is 78.9 Å². The molecule has 1 atom stereocenters. The van der Waals surface area contributed by atoms with Gasteiger partial charge in [0.2, 0.25) is 0 Å². The summed E-state index contributed by atoms with van der Waals surface area (Å²) >= 11 is 0. The minimum Gasteiger partial charge on any atom is -0.462 e. The van der Waals surface area contributed by atoms with E-state index < -0.39 is 6.10 Å². The van der Waals surface area contributed by atoms with Crippen LogP contribution in [0.3, 0.4) is 0 Å². The van der Waals surface area contributed by atoms with Crippen LogP contribution >= 0.6 is 0 Å². The zero-order valence-electron chi connectivity index (χ0n) is 34.7. The summed E-state index contributed by atoms with van der Waals surface area (Å²) in [6.07, 6.45) is 35.3. The van der Waals surface area contributed by atoms with E-state index in [2.05, 4.69) is 34.6 Å². The zero-order chi connectivity index (χ0) is 37.6. The van der Waals surface area contributed by atoms with E-state index in [9.17, 15) is 14.4 Å². The lowest BCUT2D eigenvalue weighted by molar-refractivity contribution is -0.167. The number of hydrogen-bond acceptors (Lipinski definition) is 6. The van der Waals surface area contributed by atoms with Gasteiger partial charge in [0.1, 0.15) is 13.2 Å². The summed E-state index contributed by atoms with van der Waals surface area (Å²) in [7, 11) is 0. The molecule has 0 rings (SSSR count). The van der Waals surface area contributed by atoms with Gasteiger partial charge in [-0.15, -0.1) is 0 Å². The fraction of sp³-hybridized carbons (Fsp3) is 0.933. The Labute approximate surface area is 317 Å². The highest BCUT2D eigenvalue weighted by atomic mass is 16.6. The highest BCUT2D eigenvalue weighted by Crippen LogP contribution is 2.16. The van der Waals surface area contributed by atoms with E-state index in [-0.39, 0.29) is 31.1 Å². The summed E-state index contributed by atoms with van der Waals surface area (Å²) < 4.78 is 16.6. The fourth-order valence-corrected chi connectivity index (χ4v) is 6.58. The van der Waals surface area contributed by atoms with E-state index in [0.717, 1.165) is 69.6 Å². The summed E-state index contributed by atoms with van der Waals surface area (Å²) in [6, 6.07) is 0. The molecule has 0 heterocycles. The van der Waals surface area contributed by atoms with Crippen LogP contribution in [0.4, 0.5) is 0 Å². The van der Waals surface area contributed by atoms with Crippen molar-refractivity contribution in [1.82, 2.24) is 0 Å². The maximum absolute atomic E-state index is 12.7. The molecule has 0 N–H and O–H groups in total. The number of rotatable bonds is 39. The van der Waals surface area contributed by atoms with Crippen LogP contribution in [-0.2, 0) is 28.6 Å². The number of unbranched alkanes of at least 4 members (excludes halogenated alkanes) is 24. The van der Waals surface area contributed by atoms with Crippen molar-refractivity contribution >= 4 is 17.9 Å². The molecule has 0 saturated carbocycles. The Morgan fingerprint density at radius 2 is 0.647 bits per heavy atom. The molecule has 6 heteroatoms. The number of carbonyl (C=O) groups excluding carboxylic acids is 3. The van der Waals surface area contributed by atoms with Gasteiger partial charge >= 0.3 is 17.9 Å². The average Bonchev–Trinajstić information content (AvgIpc) is 3.09. The molecule has 51 heavy (non-hydrogen) atoms. The third kappa shape index (κ3) is 39.5. The van der Waals surface area contributed by atoms with Gasteiger partial charge in [-0.1, -0.05) is 202 Å². The Morgan fingerprint density at radius 1 is 0.373 bits per heavy atom. The molecule has 0 aliphatic heterocycles. The Bertz CT molecular complexity index is 779. The lowest BCUT2D eigenvalue weighted by atomic mass is 10.0. The molecular weight excluding hydrogens is 636 g/mol. The van der Waals surface area contributed by atoms with E-state index in [1.165, 1.54) is 128 Å². The Morgan fingerprint density at radius 3 is 0.961 bits per heavy atom. The summed E-state index contributed by atoms with van der Waals surface area (Å²) in [5.41, 5.74) is 0. The molecular formula is C45H86O6. The number of esters is 3. The van der Waals surface area contributed by atoms with Gasteiger partial charge in [-0.2, -0.15) is 0 Å². The molecule has 6 nitrogen and oxygen atoms in total. The van der Waals surface area contributed by atoms with Gasteiger partial charge in [0.05, 0.1) is 0 Å². The maximum Gasteiger partial charge on any atom is 0.306 e. The summed E-state index contributed by atoms with van der Waals surface area (Å²) in [4.78, 5) is 37.5. The van der Waals surface area contributed by atoms with E-state index in [1.807, 2.05) is 0 Å². The van der Waals surface area contributed by atoms with Gasteiger partial charge in [0.25, 0.3) is 0 Å². The van der Waals surface area contributed by atoms with Gasteiger partial charge in [-0.3, -0.25) is 14.4 Å².